The van der Waals surface area contributed by atoms with E-state index in [0.29, 0.717) is 17.4 Å². The Balaban J connectivity index is 4.29. The summed E-state index contributed by atoms with van der Waals surface area (Å²) in [4.78, 5) is 35.6. The number of allylic oxidation sites excluding steroid dienone is 16. The Morgan fingerprint density at radius 1 is 0.471 bits per heavy atom. The summed E-state index contributed by atoms with van der Waals surface area (Å²) in [6.45, 7) is 4.28. The van der Waals surface area contributed by atoms with Gasteiger partial charge in [-0.05, 0) is 77.0 Å². The molecule has 2 unspecified atom stereocenters. The Bertz CT molecular complexity index is 1470. The third-order valence-electron chi connectivity index (χ3n) is 11.1. The van der Waals surface area contributed by atoms with Crippen molar-refractivity contribution in [3.8, 4) is 0 Å². The number of ether oxygens (including phenoxy) is 2. The summed E-state index contributed by atoms with van der Waals surface area (Å²) < 4.78 is 34.4. The van der Waals surface area contributed by atoms with Gasteiger partial charge >= 0.3 is 19.8 Å². The first kappa shape index (κ1) is 64.9. The third-order valence-corrected chi connectivity index (χ3v) is 12.1. The molecule has 0 aromatic heterocycles. The zero-order valence-electron chi connectivity index (χ0n) is 44.1. The van der Waals surface area contributed by atoms with Crippen molar-refractivity contribution in [1.29, 1.82) is 0 Å². The number of carbonyl (C=O) groups excluding carboxylic acids is 2. The van der Waals surface area contributed by atoms with Crippen molar-refractivity contribution >= 4 is 19.8 Å². The van der Waals surface area contributed by atoms with Gasteiger partial charge in [-0.1, -0.05) is 214 Å². The van der Waals surface area contributed by atoms with Crippen LogP contribution in [0.4, 0.5) is 0 Å². The lowest BCUT2D eigenvalue weighted by atomic mass is 10.0. The zero-order valence-corrected chi connectivity index (χ0v) is 45.0. The molecule has 0 aliphatic rings. The number of nitrogens with zero attached hydrogens (tertiary/aromatic N) is 1. The van der Waals surface area contributed by atoms with Gasteiger partial charge in [-0.3, -0.25) is 18.6 Å². The van der Waals surface area contributed by atoms with E-state index in [-0.39, 0.29) is 32.0 Å². The number of hydrogen-bond acceptors (Lipinski definition) is 7. The topological polar surface area (TPSA) is 108 Å². The number of likely N-dealkylation sites (N-methyl/N-ethyl adjacent to an activating group) is 1. The van der Waals surface area contributed by atoms with Crippen LogP contribution < -0.4 is 0 Å². The van der Waals surface area contributed by atoms with Crippen LogP contribution in [0.2, 0.25) is 0 Å². The Morgan fingerprint density at radius 3 is 1.25 bits per heavy atom. The standard InChI is InChI=1S/C58H100NO8P/c1-6-8-10-12-14-16-18-20-22-23-24-25-26-27-28-29-30-31-32-33-34-35-37-39-41-43-45-47-49-51-58(61)67-56(55-66-68(62,63)65-53-52-59(3,4)5)54-64-57(60)50-48-46-44-42-40-38-36-21-19-17-15-13-11-9-7-2/h8,10,14,16,20,22,24-25,27-28,30-31,33-34,37,39,56H,6-7,9,11-13,15,17-19,21,23,26,29,32,35-36,38,40-55H2,1-5H3/p+1/b10-8-,16-14-,22-20-,25-24-,28-27-,31-30-,34-33-,39-37-. The third kappa shape index (κ3) is 52.3. The number of quaternary nitrogens is 1. The van der Waals surface area contributed by atoms with E-state index in [2.05, 4.69) is 111 Å². The van der Waals surface area contributed by atoms with Gasteiger partial charge in [0.1, 0.15) is 19.8 Å². The second kappa shape index (κ2) is 48.9. The lowest BCUT2D eigenvalue weighted by molar-refractivity contribution is -0.870. The Morgan fingerprint density at radius 2 is 0.838 bits per heavy atom. The van der Waals surface area contributed by atoms with Crippen LogP contribution in [0.3, 0.4) is 0 Å². The van der Waals surface area contributed by atoms with Crippen LogP contribution in [0.25, 0.3) is 0 Å². The maximum absolute atomic E-state index is 12.8. The van der Waals surface area contributed by atoms with Crippen LogP contribution in [0, 0.1) is 0 Å². The second-order valence-electron chi connectivity index (χ2n) is 18.9. The molecule has 0 aliphatic carbocycles. The number of phosphoric ester groups is 1. The molecule has 10 heteroatoms. The summed E-state index contributed by atoms with van der Waals surface area (Å²) in [6, 6.07) is 0. The zero-order chi connectivity index (χ0) is 49.9. The molecule has 0 aromatic rings. The second-order valence-corrected chi connectivity index (χ2v) is 20.3. The molecule has 0 heterocycles. The predicted octanol–water partition coefficient (Wildman–Crippen LogP) is 16.5. The van der Waals surface area contributed by atoms with Gasteiger partial charge in [0.2, 0.25) is 0 Å². The van der Waals surface area contributed by atoms with Crippen molar-refractivity contribution in [2.45, 2.75) is 213 Å². The molecule has 0 amide bonds. The molecule has 0 saturated heterocycles. The first-order chi connectivity index (χ1) is 33.0. The minimum atomic E-state index is -4.39. The number of rotatable bonds is 48. The first-order valence-electron chi connectivity index (χ1n) is 27.0. The molecule has 390 valence electrons. The van der Waals surface area contributed by atoms with Gasteiger partial charge in [-0.2, -0.15) is 0 Å². The van der Waals surface area contributed by atoms with Crippen LogP contribution >= 0.6 is 7.82 Å². The molecule has 2 atom stereocenters. The molecule has 0 aromatic carbocycles. The van der Waals surface area contributed by atoms with Gasteiger partial charge in [0.05, 0.1) is 27.7 Å². The molecule has 0 radical (unpaired) electrons. The molecule has 1 N–H and O–H groups in total. The van der Waals surface area contributed by atoms with Gasteiger partial charge in [0.25, 0.3) is 0 Å². The molecule has 0 rings (SSSR count). The summed E-state index contributed by atoms with van der Waals surface area (Å²) >= 11 is 0. The molecular weight excluding hydrogens is 870 g/mol. The van der Waals surface area contributed by atoms with E-state index in [1.807, 2.05) is 21.1 Å². The summed E-state index contributed by atoms with van der Waals surface area (Å²) in [5, 5.41) is 0. The van der Waals surface area contributed by atoms with Crippen molar-refractivity contribution in [3.63, 3.8) is 0 Å². The lowest BCUT2D eigenvalue weighted by Gasteiger charge is -2.24. The highest BCUT2D eigenvalue weighted by Crippen LogP contribution is 2.43. The van der Waals surface area contributed by atoms with E-state index in [1.165, 1.54) is 77.0 Å². The first-order valence-corrected chi connectivity index (χ1v) is 28.5. The monoisotopic (exact) mass is 971 g/mol. The van der Waals surface area contributed by atoms with Crippen LogP contribution in [-0.4, -0.2) is 74.9 Å². The van der Waals surface area contributed by atoms with Gasteiger partial charge in [0.15, 0.2) is 6.10 Å². The average Bonchev–Trinajstić information content (AvgIpc) is 3.30. The van der Waals surface area contributed by atoms with Crippen molar-refractivity contribution in [2.75, 3.05) is 47.5 Å². The van der Waals surface area contributed by atoms with Crippen LogP contribution in [0.15, 0.2) is 97.2 Å². The minimum Gasteiger partial charge on any atom is -0.462 e. The molecular formula is C58H101NO8P+. The minimum absolute atomic E-state index is 0.0224. The van der Waals surface area contributed by atoms with Gasteiger partial charge in [-0.15, -0.1) is 0 Å². The summed E-state index contributed by atoms with van der Waals surface area (Å²) in [6.07, 6.45) is 66.1. The highest BCUT2D eigenvalue weighted by atomic mass is 31.2. The normalized spacial score (nSPS) is 14.1. The fraction of sp³-hybridized carbons (Fsp3) is 0.690. The van der Waals surface area contributed by atoms with E-state index in [9.17, 15) is 19.0 Å². The molecule has 0 aliphatic heterocycles. The highest BCUT2D eigenvalue weighted by molar-refractivity contribution is 7.47. The van der Waals surface area contributed by atoms with E-state index in [1.54, 1.807) is 0 Å². The Labute approximate surface area is 417 Å². The molecule has 0 spiro atoms. The molecule has 0 fully saturated rings. The van der Waals surface area contributed by atoms with E-state index < -0.39 is 26.5 Å². The fourth-order valence-electron chi connectivity index (χ4n) is 6.97. The summed E-state index contributed by atoms with van der Waals surface area (Å²) in [5.74, 6) is -0.829. The van der Waals surface area contributed by atoms with Gasteiger partial charge in [0, 0.05) is 12.8 Å². The number of hydrogen-bond donors (Lipinski definition) is 1. The average molecular weight is 971 g/mol. The quantitative estimate of drug-likeness (QED) is 0.0211. The largest absolute Gasteiger partial charge is 0.472 e. The van der Waals surface area contributed by atoms with Gasteiger partial charge in [-0.25, -0.2) is 4.57 Å². The smallest absolute Gasteiger partial charge is 0.462 e. The molecule has 0 bridgehead atoms. The van der Waals surface area contributed by atoms with Crippen LogP contribution in [0.5, 0.6) is 0 Å². The predicted molar refractivity (Wildman–Crippen MR) is 288 cm³/mol. The highest BCUT2D eigenvalue weighted by Gasteiger charge is 2.27. The summed E-state index contributed by atoms with van der Waals surface area (Å²) in [7, 11) is 1.45. The van der Waals surface area contributed by atoms with Crippen LogP contribution in [-0.2, 0) is 32.7 Å². The van der Waals surface area contributed by atoms with E-state index in [4.69, 9.17) is 18.5 Å². The Hall–Kier alpha value is -3.07. The maximum Gasteiger partial charge on any atom is 0.472 e. The lowest BCUT2D eigenvalue weighted by Crippen LogP contribution is -2.37. The SMILES string of the molecule is CC/C=C\C/C=C\C/C=C\C/C=C\C/C=C\C/C=C\C/C=C\C/C=C\CCCCCCC(=O)OC(COC(=O)CCCCCCCCCCCCCCCCC)COP(=O)(O)OCC[N+](C)(C)C. The van der Waals surface area contributed by atoms with Crippen molar-refractivity contribution in [2.24, 2.45) is 0 Å². The van der Waals surface area contributed by atoms with Crippen molar-refractivity contribution in [1.82, 2.24) is 0 Å². The van der Waals surface area contributed by atoms with Gasteiger partial charge < -0.3 is 18.9 Å². The Kier molecular flexibility index (Phi) is 46.7. The fourth-order valence-corrected chi connectivity index (χ4v) is 7.71. The molecule has 68 heavy (non-hydrogen) atoms. The number of phosphoric acid groups is 1. The number of unbranched alkanes of at least 4 members (excludes halogenated alkanes) is 18. The van der Waals surface area contributed by atoms with Crippen molar-refractivity contribution < 1.29 is 42.1 Å². The van der Waals surface area contributed by atoms with E-state index in [0.717, 1.165) is 96.3 Å². The summed E-state index contributed by atoms with van der Waals surface area (Å²) in [5.41, 5.74) is 0. The molecule has 9 nitrogen and oxygen atoms in total. The van der Waals surface area contributed by atoms with Crippen LogP contribution in [0.1, 0.15) is 206 Å². The molecule has 0 saturated carbocycles. The number of esters is 2. The maximum atomic E-state index is 12.8. The van der Waals surface area contributed by atoms with E-state index >= 15 is 0 Å². The van der Waals surface area contributed by atoms with Crippen molar-refractivity contribution in [3.05, 3.63) is 97.2 Å². The number of carbonyl (C=O) groups is 2.